The van der Waals surface area contributed by atoms with Gasteiger partial charge in [-0.2, -0.15) is 0 Å². The summed E-state index contributed by atoms with van der Waals surface area (Å²) in [4.78, 5) is 34.9. The molecule has 0 saturated carbocycles. The van der Waals surface area contributed by atoms with Crippen molar-refractivity contribution < 1.29 is 14.7 Å². The maximum absolute atomic E-state index is 12.1. The van der Waals surface area contributed by atoms with Gasteiger partial charge in [0.1, 0.15) is 12.1 Å². The molecule has 0 fully saturated rings. The van der Waals surface area contributed by atoms with Gasteiger partial charge in [0.2, 0.25) is 11.3 Å². The number of aromatic nitrogens is 1. The largest absolute Gasteiger partial charge is 0.477 e. The van der Waals surface area contributed by atoms with Gasteiger partial charge in [-0.3, -0.25) is 9.59 Å². The Bertz CT molecular complexity index is 815. The summed E-state index contributed by atoms with van der Waals surface area (Å²) in [5.41, 5.74) is -0.458. The quantitative estimate of drug-likeness (QED) is 0.798. The number of hydrogen-bond donors (Lipinski definition) is 2. The second-order valence-corrected chi connectivity index (χ2v) is 4.30. The fraction of sp³-hybridized carbons (Fsp3) is 0.133. The number of nitrogens with zero attached hydrogens (tertiary/aromatic N) is 1. The summed E-state index contributed by atoms with van der Waals surface area (Å²) in [5, 5.41) is 11.8. The molecule has 21 heavy (non-hydrogen) atoms. The molecule has 0 spiro atoms. The predicted molar refractivity (Wildman–Crippen MR) is 77.0 cm³/mol. The van der Waals surface area contributed by atoms with Crippen LogP contribution in [0.1, 0.15) is 10.4 Å². The minimum atomic E-state index is -1.33. The van der Waals surface area contributed by atoms with Gasteiger partial charge < -0.3 is 15.0 Å². The average molecular weight is 284 g/mol. The second-order valence-electron chi connectivity index (χ2n) is 4.30. The highest BCUT2D eigenvalue weighted by atomic mass is 16.4. The van der Waals surface area contributed by atoms with Gasteiger partial charge in [-0.05, 0) is 12.1 Å². The number of aromatic carboxylic acids is 1. The lowest BCUT2D eigenvalue weighted by molar-refractivity contribution is -0.121. The van der Waals surface area contributed by atoms with Crippen molar-refractivity contribution >= 4 is 22.8 Å². The number of pyridine rings is 1. The third-order valence-electron chi connectivity index (χ3n) is 2.92. The van der Waals surface area contributed by atoms with Crippen LogP contribution in [-0.4, -0.2) is 28.1 Å². The van der Waals surface area contributed by atoms with E-state index in [2.05, 4.69) is 11.2 Å². The maximum Gasteiger partial charge on any atom is 0.341 e. The fourth-order valence-corrected chi connectivity index (χ4v) is 1.99. The van der Waals surface area contributed by atoms with Crippen molar-refractivity contribution in [1.29, 1.82) is 0 Å². The molecular weight excluding hydrogens is 272 g/mol. The van der Waals surface area contributed by atoms with Gasteiger partial charge in [0.25, 0.3) is 0 Å². The SMILES string of the molecule is C#CCNC(=O)Cn1cc(C(=O)O)c(=O)c2ccccc21. The number of carboxylic acid groups (broad SMARTS) is 1. The number of nitrogens with one attached hydrogen (secondary N) is 1. The smallest absolute Gasteiger partial charge is 0.341 e. The highest BCUT2D eigenvalue weighted by Gasteiger charge is 2.15. The zero-order valence-corrected chi connectivity index (χ0v) is 11.0. The standard InChI is InChI=1S/C15H12N2O4/c1-2-7-16-13(18)9-17-8-11(15(20)21)14(19)10-5-3-4-6-12(10)17/h1,3-6,8H,7,9H2,(H,16,18)(H,20,21). The molecule has 0 bridgehead atoms. The number of benzene rings is 1. The van der Waals surface area contributed by atoms with Gasteiger partial charge in [0.15, 0.2) is 0 Å². The maximum atomic E-state index is 12.1. The Morgan fingerprint density at radius 1 is 1.33 bits per heavy atom. The molecule has 0 unspecified atom stereocenters. The van der Waals surface area contributed by atoms with Crippen LogP contribution in [-0.2, 0) is 11.3 Å². The molecule has 0 saturated heterocycles. The molecule has 106 valence electrons. The fourth-order valence-electron chi connectivity index (χ4n) is 1.99. The minimum Gasteiger partial charge on any atom is -0.477 e. The number of carbonyl (C=O) groups excluding carboxylic acids is 1. The number of carbonyl (C=O) groups is 2. The third kappa shape index (κ3) is 2.92. The monoisotopic (exact) mass is 284 g/mol. The lowest BCUT2D eigenvalue weighted by Gasteiger charge is -2.11. The van der Waals surface area contributed by atoms with Crippen molar-refractivity contribution in [2.75, 3.05) is 6.54 Å². The molecule has 2 aromatic rings. The van der Waals surface area contributed by atoms with E-state index in [9.17, 15) is 14.4 Å². The number of fused-ring (bicyclic) bond motifs is 1. The number of amides is 1. The van der Waals surface area contributed by atoms with Gasteiger partial charge in [-0.25, -0.2) is 4.79 Å². The van der Waals surface area contributed by atoms with Gasteiger partial charge in [0.05, 0.1) is 12.1 Å². The normalized spacial score (nSPS) is 10.0. The van der Waals surface area contributed by atoms with Crippen LogP contribution >= 0.6 is 0 Å². The van der Waals surface area contributed by atoms with E-state index in [1.807, 2.05) is 0 Å². The number of terminal acetylenes is 1. The minimum absolute atomic E-state index is 0.0861. The zero-order chi connectivity index (χ0) is 15.4. The van der Waals surface area contributed by atoms with E-state index < -0.39 is 11.4 Å². The topological polar surface area (TPSA) is 88.4 Å². The Kier molecular flexibility index (Phi) is 4.05. The van der Waals surface area contributed by atoms with Crippen LogP contribution in [0.3, 0.4) is 0 Å². The first-order valence-electron chi connectivity index (χ1n) is 6.10. The van der Waals surface area contributed by atoms with Gasteiger partial charge in [-0.1, -0.05) is 18.1 Å². The first-order valence-corrected chi connectivity index (χ1v) is 6.10. The Morgan fingerprint density at radius 3 is 2.71 bits per heavy atom. The summed E-state index contributed by atoms with van der Waals surface area (Å²) in [5.74, 6) is 0.582. The average Bonchev–Trinajstić information content (AvgIpc) is 2.47. The zero-order valence-electron chi connectivity index (χ0n) is 11.0. The Balaban J connectivity index is 2.55. The molecule has 0 aliphatic rings. The lowest BCUT2D eigenvalue weighted by Crippen LogP contribution is -2.29. The van der Waals surface area contributed by atoms with Crippen molar-refractivity contribution in [2.45, 2.75) is 6.54 Å². The first-order chi connectivity index (χ1) is 10.0. The molecule has 1 heterocycles. The molecule has 0 aliphatic heterocycles. The number of hydrogen-bond acceptors (Lipinski definition) is 3. The molecule has 0 aliphatic carbocycles. The molecule has 0 atom stereocenters. The number of carboxylic acids is 1. The van der Waals surface area contributed by atoms with Crippen LogP contribution in [0.25, 0.3) is 10.9 Å². The highest BCUT2D eigenvalue weighted by Crippen LogP contribution is 2.11. The molecule has 6 heteroatoms. The molecule has 2 N–H and O–H groups in total. The molecular formula is C15H12N2O4. The lowest BCUT2D eigenvalue weighted by atomic mass is 10.1. The van der Waals surface area contributed by atoms with Crippen molar-refractivity contribution in [1.82, 2.24) is 9.88 Å². The molecule has 1 aromatic heterocycles. The van der Waals surface area contributed by atoms with Crippen molar-refractivity contribution in [2.24, 2.45) is 0 Å². The Labute approximate surface area is 120 Å². The van der Waals surface area contributed by atoms with Crippen LogP contribution in [0.5, 0.6) is 0 Å². The summed E-state index contributed by atoms with van der Waals surface area (Å²) >= 11 is 0. The predicted octanol–water partition coefficient (Wildman–Crippen LogP) is 0.449. The summed E-state index contributed by atoms with van der Waals surface area (Å²) in [6.45, 7) is -0.0362. The third-order valence-corrected chi connectivity index (χ3v) is 2.92. The van der Waals surface area contributed by atoms with E-state index >= 15 is 0 Å². The van der Waals surface area contributed by atoms with E-state index in [1.54, 1.807) is 18.2 Å². The van der Waals surface area contributed by atoms with E-state index in [4.69, 9.17) is 11.5 Å². The first kappa shape index (κ1) is 14.3. The second kappa shape index (κ2) is 5.92. The van der Waals surface area contributed by atoms with Gasteiger partial charge >= 0.3 is 5.97 Å². The number of para-hydroxylation sites is 1. The Morgan fingerprint density at radius 2 is 2.05 bits per heavy atom. The summed E-state index contributed by atoms with van der Waals surface area (Å²) < 4.78 is 1.42. The number of rotatable bonds is 4. The van der Waals surface area contributed by atoms with E-state index in [0.717, 1.165) is 0 Å². The summed E-state index contributed by atoms with van der Waals surface area (Å²) in [7, 11) is 0. The van der Waals surface area contributed by atoms with Crippen molar-refractivity contribution in [3.05, 3.63) is 46.2 Å². The van der Waals surface area contributed by atoms with Crippen LogP contribution < -0.4 is 10.7 Å². The molecule has 1 aromatic carbocycles. The molecule has 0 radical (unpaired) electrons. The van der Waals surface area contributed by atoms with E-state index in [0.29, 0.717) is 5.52 Å². The van der Waals surface area contributed by atoms with Crippen LogP contribution in [0.15, 0.2) is 35.3 Å². The van der Waals surface area contributed by atoms with Crippen molar-refractivity contribution in [3.63, 3.8) is 0 Å². The van der Waals surface area contributed by atoms with Crippen LogP contribution in [0.4, 0.5) is 0 Å². The molecule has 6 nitrogen and oxygen atoms in total. The van der Waals surface area contributed by atoms with Crippen molar-refractivity contribution in [3.8, 4) is 12.3 Å². The van der Waals surface area contributed by atoms with Crippen LogP contribution in [0.2, 0.25) is 0 Å². The summed E-state index contributed by atoms with van der Waals surface area (Å²) in [6.07, 6.45) is 6.22. The highest BCUT2D eigenvalue weighted by molar-refractivity contribution is 5.93. The van der Waals surface area contributed by atoms with Crippen LogP contribution in [0, 0.1) is 12.3 Å². The molecule has 2 rings (SSSR count). The van der Waals surface area contributed by atoms with E-state index in [-0.39, 0.29) is 29.9 Å². The van der Waals surface area contributed by atoms with E-state index in [1.165, 1.54) is 16.8 Å². The Hall–Kier alpha value is -3.07. The van der Waals surface area contributed by atoms with Gasteiger partial charge in [-0.15, -0.1) is 6.42 Å². The molecule has 1 amide bonds. The van der Waals surface area contributed by atoms with Gasteiger partial charge in [0, 0.05) is 11.6 Å². The summed E-state index contributed by atoms with van der Waals surface area (Å²) in [6, 6.07) is 6.52.